The molecule has 1 fully saturated rings. The average molecular weight is 643 g/mol. The number of nitrogens with zero attached hydrogens (tertiary/aromatic N) is 2. The summed E-state index contributed by atoms with van der Waals surface area (Å²) in [7, 11) is 1.72. The van der Waals surface area contributed by atoms with Gasteiger partial charge in [-0.05, 0) is 69.9 Å². The fraction of sp³-hybridized carbons (Fsp3) is 0.639. The summed E-state index contributed by atoms with van der Waals surface area (Å²) in [5, 5.41) is 10.6. The predicted molar refractivity (Wildman–Crippen MR) is 178 cm³/mol. The monoisotopic (exact) mass is 642 g/mol. The van der Waals surface area contributed by atoms with E-state index < -0.39 is 11.7 Å². The standard InChI is InChI=1S/C36H54N2O8/c1-7-43-26(2)23-42-24-27-9-12-29(13-10-27)34-30(22-39)20-38(35(40)46-36(3,4)5)21-33(34)45-25-28-11-14-32-31(19-28)37(16-18-44-32)15-8-17-41-6/h9-14,19,26,30,33-34,39H,7-8,15-18,20-25H2,1-6H3/t26?,30-,33-,34-/m0/s1. The van der Waals surface area contributed by atoms with Crippen LogP contribution in [-0.2, 0) is 36.9 Å². The molecule has 0 aromatic heterocycles. The molecule has 0 bridgehead atoms. The number of hydrogen-bond acceptors (Lipinski definition) is 9. The summed E-state index contributed by atoms with van der Waals surface area (Å²) < 4.78 is 35.0. The topological polar surface area (TPSA) is 99.2 Å². The average Bonchev–Trinajstić information content (AvgIpc) is 3.03. The lowest BCUT2D eigenvalue weighted by atomic mass is 9.78. The van der Waals surface area contributed by atoms with Crippen molar-refractivity contribution in [1.29, 1.82) is 0 Å². The smallest absolute Gasteiger partial charge is 0.410 e. The second-order valence-corrected chi connectivity index (χ2v) is 13.2. The van der Waals surface area contributed by atoms with Crippen LogP contribution in [0.3, 0.4) is 0 Å². The third-order valence-corrected chi connectivity index (χ3v) is 8.31. The van der Waals surface area contributed by atoms with Crippen LogP contribution in [0.25, 0.3) is 0 Å². The molecule has 10 nitrogen and oxygen atoms in total. The lowest BCUT2D eigenvalue weighted by Crippen LogP contribution is -2.53. The van der Waals surface area contributed by atoms with Crippen LogP contribution in [0.5, 0.6) is 5.75 Å². The minimum Gasteiger partial charge on any atom is -0.490 e. The zero-order chi connectivity index (χ0) is 33.1. The summed E-state index contributed by atoms with van der Waals surface area (Å²) >= 11 is 0. The summed E-state index contributed by atoms with van der Waals surface area (Å²) in [6.07, 6.45) is 0.215. The van der Waals surface area contributed by atoms with Gasteiger partial charge < -0.3 is 43.3 Å². The predicted octanol–water partition coefficient (Wildman–Crippen LogP) is 5.39. The molecule has 2 aromatic carbocycles. The molecule has 2 heterocycles. The maximum Gasteiger partial charge on any atom is 0.410 e. The van der Waals surface area contributed by atoms with Crippen LogP contribution in [0.15, 0.2) is 42.5 Å². The van der Waals surface area contributed by atoms with Crippen LogP contribution in [-0.4, -0.2) is 100 Å². The van der Waals surface area contributed by atoms with Gasteiger partial charge in [0.1, 0.15) is 18.0 Å². The van der Waals surface area contributed by atoms with Crippen LogP contribution >= 0.6 is 0 Å². The number of hydrogen-bond donors (Lipinski definition) is 1. The third-order valence-electron chi connectivity index (χ3n) is 8.31. The van der Waals surface area contributed by atoms with Crippen molar-refractivity contribution >= 4 is 11.8 Å². The fourth-order valence-corrected chi connectivity index (χ4v) is 6.15. The van der Waals surface area contributed by atoms with Gasteiger partial charge in [-0.1, -0.05) is 30.3 Å². The van der Waals surface area contributed by atoms with Gasteiger partial charge in [-0.2, -0.15) is 0 Å². The van der Waals surface area contributed by atoms with Crippen molar-refractivity contribution in [3.63, 3.8) is 0 Å². The molecule has 1 N–H and O–H groups in total. The number of likely N-dealkylation sites (tertiary alicyclic amines) is 1. The van der Waals surface area contributed by atoms with E-state index in [4.69, 9.17) is 28.4 Å². The summed E-state index contributed by atoms with van der Waals surface area (Å²) in [6, 6.07) is 14.5. The van der Waals surface area contributed by atoms with E-state index in [0.29, 0.717) is 52.7 Å². The third kappa shape index (κ3) is 10.3. The first-order chi connectivity index (χ1) is 22.1. The highest BCUT2D eigenvalue weighted by atomic mass is 16.6. The number of anilines is 1. The second kappa shape index (κ2) is 17.3. The molecule has 2 aromatic rings. The van der Waals surface area contributed by atoms with Crippen LogP contribution in [0, 0.1) is 5.92 Å². The molecule has 46 heavy (non-hydrogen) atoms. The van der Waals surface area contributed by atoms with E-state index in [0.717, 1.165) is 47.6 Å². The normalized spacial score (nSPS) is 20.6. The summed E-state index contributed by atoms with van der Waals surface area (Å²) in [6.45, 7) is 15.3. The van der Waals surface area contributed by atoms with Crippen molar-refractivity contribution in [2.24, 2.45) is 5.92 Å². The molecule has 4 rings (SSSR count). The van der Waals surface area contributed by atoms with Crippen molar-refractivity contribution in [3.05, 3.63) is 59.2 Å². The molecule has 256 valence electrons. The molecule has 4 atom stereocenters. The van der Waals surface area contributed by atoms with Gasteiger partial charge >= 0.3 is 6.09 Å². The molecule has 2 aliphatic rings. The molecule has 0 saturated carbocycles. The maximum absolute atomic E-state index is 13.2. The maximum atomic E-state index is 13.2. The van der Waals surface area contributed by atoms with Crippen molar-refractivity contribution in [3.8, 4) is 5.75 Å². The number of carbonyl (C=O) groups is 1. The zero-order valence-corrected chi connectivity index (χ0v) is 28.5. The number of aliphatic hydroxyl groups is 1. The first-order valence-corrected chi connectivity index (χ1v) is 16.6. The summed E-state index contributed by atoms with van der Waals surface area (Å²) in [5.41, 5.74) is 3.56. The Morgan fingerprint density at radius 2 is 1.85 bits per heavy atom. The first kappa shape index (κ1) is 36.0. The Labute approximate surface area is 274 Å². The van der Waals surface area contributed by atoms with E-state index in [9.17, 15) is 9.90 Å². The first-order valence-electron chi connectivity index (χ1n) is 16.6. The number of carbonyl (C=O) groups excluding carboxylic acids is 1. The van der Waals surface area contributed by atoms with Gasteiger partial charge in [0.25, 0.3) is 0 Å². The quantitative estimate of drug-likeness (QED) is 0.257. The number of amides is 1. The molecule has 0 aliphatic carbocycles. The molecule has 2 aliphatic heterocycles. The van der Waals surface area contributed by atoms with Gasteiger partial charge in [0.15, 0.2) is 0 Å². The van der Waals surface area contributed by atoms with E-state index in [1.54, 1.807) is 12.0 Å². The zero-order valence-electron chi connectivity index (χ0n) is 28.5. The van der Waals surface area contributed by atoms with Gasteiger partial charge in [-0.3, -0.25) is 0 Å². The Hall–Kier alpha value is -2.89. The molecular formula is C36H54N2O8. The van der Waals surface area contributed by atoms with E-state index in [1.165, 1.54) is 0 Å². The number of piperidine rings is 1. The highest BCUT2D eigenvalue weighted by Gasteiger charge is 2.41. The van der Waals surface area contributed by atoms with Crippen LogP contribution in [0.1, 0.15) is 63.6 Å². The number of ether oxygens (including phenoxy) is 6. The number of aliphatic hydroxyl groups excluding tert-OH is 1. The van der Waals surface area contributed by atoms with Crippen LogP contribution in [0.4, 0.5) is 10.5 Å². The number of benzene rings is 2. The van der Waals surface area contributed by atoms with Gasteiger partial charge in [0.05, 0.1) is 50.8 Å². The Morgan fingerprint density at radius 1 is 1.09 bits per heavy atom. The van der Waals surface area contributed by atoms with E-state index in [2.05, 4.69) is 35.2 Å². The number of methoxy groups -OCH3 is 1. The van der Waals surface area contributed by atoms with Gasteiger partial charge in [-0.25, -0.2) is 4.79 Å². The lowest BCUT2D eigenvalue weighted by molar-refractivity contribution is -0.0600. The number of fused-ring (bicyclic) bond motifs is 1. The van der Waals surface area contributed by atoms with E-state index in [-0.39, 0.29) is 30.7 Å². The Bertz CT molecular complexity index is 1220. The molecule has 0 spiro atoms. The Balaban J connectivity index is 1.52. The minimum absolute atomic E-state index is 0.0454. The highest BCUT2D eigenvalue weighted by molar-refractivity contribution is 5.68. The van der Waals surface area contributed by atoms with Gasteiger partial charge in [-0.15, -0.1) is 0 Å². The Kier molecular flexibility index (Phi) is 13.5. The van der Waals surface area contributed by atoms with Gasteiger partial charge in [0, 0.05) is 51.9 Å². The molecule has 0 radical (unpaired) electrons. The van der Waals surface area contributed by atoms with Crippen molar-refractivity contribution in [2.45, 2.75) is 78.0 Å². The van der Waals surface area contributed by atoms with Crippen molar-refractivity contribution < 1.29 is 38.3 Å². The largest absolute Gasteiger partial charge is 0.490 e. The molecule has 10 heteroatoms. The SMILES string of the molecule is CCOC(C)COCc1ccc([C@H]2[C@H](CO)CN(C(=O)OC(C)(C)C)C[C@@H]2OCc2ccc3c(c2)N(CCCOC)CCO3)cc1. The highest BCUT2D eigenvalue weighted by Crippen LogP contribution is 2.37. The van der Waals surface area contributed by atoms with Crippen LogP contribution in [0.2, 0.25) is 0 Å². The van der Waals surface area contributed by atoms with Crippen molar-refractivity contribution in [2.75, 3.05) is 71.2 Å². The summed E-state index contributed by atoms with van der Waals surface area (Å²) in [5.74, 6) is 0.521. The molecular weight excluding hydrogens is 588 g/mol. The molecule has 1 amide bonds. The van der Waals surface area contributed by atoms with Gasteiger partial charge in [0.2, 0.25) is 0 Å². The fourth-order valence-electron chi connectivity index (χ4n) is 6.15. The second-order valence-electron chi connectivity index (χ2n) is 13.2. The molecule has 1 unspecified atom stereocenters. The van der Waals surface area contributed by atoms with Crippen molar-refractivity contribution in [1.82, 2.24) is 4.90 Å². The molecule has 1 saturated heterocycles. The van der Waals surface area contributed by atoms with E-state index in [1.807, 2.05) is 46.8 Å². The minimum atomic E-state index is -0.627. The van der Waals surface area contributed by atoms with E-state index >= 15 is 0 Å². The Morgan fingerprint density at radius 3 is 2.54 bits per heavy atom. The number of rotatable bonds is 15. The lowest BCUT2D eigenvalue weighted by Gasteiger charge is -2.43. The van der Waals surface area contributed by atoms with Crippen LogP contribution < -0.4 is 9.64 Å². The summed E-state index contributed by atoms with van der Waals surface area (Å²) in [4.78, 5) is 17.2.